The molecule has 17 heavy (non-hydrogen) atoms. The lowest BCUT2D eigenvalue weighted by Crippen LogP contribution is -2.45. The van der Waals surface area contributed by atoms with Crippen molar-refractivity contribution in [2.45, 2.75) is 31.5 Å². The van der Waals surface area contributed by atoms with E-state index in [2.05, 4.69) is 4.98 Å². The van der Waals surface area contributed by atoms with Crippen molar-refractivity contribution in [3.8, 4) is 0 Å². The van der Waals surface area contributed by atoms with E-state index in [0.717, 1.165) is 10.8 Å². The lowest BCUT2D eigenvalue weighted by Gasteiger charge is -2.29. The quantitative estimate of drug-likeness (QED) is 0.881. The molecule has 0 aliphatic rings. The van der Waals surface area contributed by atoms with Gasteiger partial charge in [-0.2, -0.15) is 13.2 Å². The Kier molecular flexibility index (Phi) is 3.61. The maximum Gasteiger partial charge on any atom is 0.424 e. The van der Waals surface area contributed by atoms with Crippen LogP contribution in [-0.4, -0.2) is 26.6 Å². The molecule has 1 rings (SSSR count). The monoisotopic (exact) mass is 250 g/mol. The molecule has 1 aromatic heterocycles. The molecular formula is C10H13F3N2O2. The molecule has 1 N–H and O–H groups in total. The average Bonchev–Trinajstić information content (AvgIpc) is 2.62. The van der Waals surface area contributed by atoms with Gasteiger partial charge in [-0.05, 0) is 0 Å². The summed E-state index contributed by atoms with van der Waals surface area (Å²) in [6.07, 6.45) is -3.61. The van der Waals surface area contributed by atoms with Gasteiger partial charge in [-0.25, -0.2) is 4.98 Å². The van der Waals surface area contributed by atoms with Crippen molar-refractivity contribution in [1.29, 1.82) is 0 Å². The Morgan fingerprint density at radius 2 is 2.12 bits per heavy atom. The van der Waals surface area contributed by atoms with Crippen LogP contribution in [0.3, 0.4) is 0 Å². The first-order chi connectivity index (χ1) is 7.72. The van der Waals surface area contributed by atoms with E-state index in [0.29, 0.717) is 0 Å². The van der Waals surface area contributed by atoms with Gasteiger partial charge in [-0.15, -0.1) is 0 Å². The highest BCUT2D eigenvalue weighted by Crippen LogP contribution is 2.40. The molecule has 0 unspecified atom stereocenters. The molecule has 0 fully saturated rings. The zero-order chi connectivity index (χ0) is 13.3. The van der Waals surface area contributed by atoms with Crippen LogP contribution < -0.4 is 0 Å². The van der Waals surface area contributed by atoms with Crippen LogP contribution in [0.4, 0.5) is 13.2 Å². The molecule has 0 saturated carbocycles. The van der Waals surface area contributed by atoms with E-state index in [1.165, 1.54) is 20.2 Å². The number of alkyl halides is 3. The molecule has 96 valence electrons. The third-order valence-electron chi connectivity index (χ3n) is 2.51. The maximum absolute atomic E-state index is 12.9. The van der Waals surface area contributed by atoms with Crippen LogP contribution in [-0.2, 0) is 17.4 Å². The predicted octanol–water partition coefficient (Wildman–Crippen LogP) is 1.54. The summed E-state index contributed by atoms with van der Waals surface area (Å²) in [4.78, 5) is 14.7. The number of aromatic nitrogens is 2. The molecule has 0 bridgehead atoms. The number of imidazole rings is 1. The Labute approximate surface area is 96.1 Å². The minimum absolute atomic E-state index is 0.0667. The first kappa shape index (κ1) is 13.7. The topological polar surface area (TPSA) is 55.1 Å². The molecule has 0 radical (unpaired) electrons. The average molecular weight is 250 g/mol. The Bertz CT molecular complexity index is 414. The summed E-state index contributed by atoms with van der Waals surface area (Å²) in [6.45, 7) is 1.44. The normalized spacial score (nSPS) is 15.6. The van der Waals surface area contributed by atoms with Gasteiger partial charge in [-0.1, -0.05) is 6.92 Å². The Balaban J connectivity index is 3.21. The minimum Gasteiger partial charge on any atom is -0.374 e. The van der Waals surface area contributed by atoms with Gasteiger partial charge in [0.15, 0.2) is 5.82 Å². The van der Waals surface area contributed by atoms with E-state index in [-0.39, 0.29) is 6.42 Å². The number of hydrogen-bond acceptors (Lipinski definition) is 3. The smallest absolute Gasteiger partial charge is 0.374 e. The highest BCUT2D eigenvalue weighted by molar-refractivity contribution is 5.79. The third kappa shape index (κ3) is 2.49. The molecule has 0 aromatic carbocycles. The number of halogens is 3. The van der Waals surface area contributed by atoms with E-state index in [9.17, 15) is 23.1 Å². The van der Waals surface area contributed by atoms with Gasteiger partial charge in [-0.3, -0.25) is 4.79 Å². The zero-order valence-electron chi connectivity index (χ0n) is 9.45. The van der Waals surface area contributed by atoms with Crippen molar-refractivity contribution in [2.24, 2.45) is 7.05 Å². The van der Waals surface area contributed by atoms with Gasteiger partial charge in [0.2, 0.25) is 5.60 Å². The van der Waals surface area contributed by atoms with Gasteiger partial charge in [0.25, 0.3) is 0 Å². The van der Waals surface area contributed by atoms with Crippen LogP contribution in [0.15, 0.2) is 12.4 Å². The number of nitrogens with zero attached hydrogens (tertiary/aromatic N) is 2. The number of aryl methyl sites for hydroxylation is 1. The van der Waals surface area contributed by atoms with Gasteiger partial charge in [0.05, 0.1) is 6.42 Å². The van der Waals surface area contributed by atoms with Crippen LogP contribution >= 0.6 is 0 Å². The number of ketones is 1. The van der Waals surface area contributed by atoms with Crippen LogP contribution in [0.2, 0.25) is 0 Å². The highest BCUT2D eigenvalue weighted by atomic mass is 19.4. The number of carbonyl (C=O) groups excluding carboxylic acids is 1. The van der Waals surface area contributed by atoms with E-state index in [4.69, 9.17) is 0 Å². The van der Waals surface area contributed by atoms with Crippen LogP contribution in [0.25, 0.3) is 0 Å². The number of carbonyl (C=O) groups is 1. The van der Waals surface area contributed by atoms with E-state index >= 15 is 0 Å². The minimum atomic E-state index is -4.95. The van der Waals surface area contributed by atoms with E-state index in [1.54, 1.807) is 0 Å². The first-order valence-corrected chi connectivity index (χ1v) is 5.01. The third-order valence-corrected chi connectivity index (χ3v) is 2.51. The van der Waals surface area contributed by atoms with Crippen molar-refractivity contribution in [3.05, 3.63) is 18.2 Å². The standard InChI is InChI=1S/C10H13F3N2O2/c1-3-7(16)6-9(17,10(11,12)13)8-14-4-5-15(8)2/h4-5,17H,3,6H2,1-2H3/t9-/m0/s1. The van der Waals surface area contributed by atoms with Crippen molar-refractivity contribution in [1.82, 2.24) is 9.55 Å². The summed E-state index contributed by atoms with van der Waals surface area (Å²) in [5.74, 6) is -1.25. The fraction of sp³-hybridized carbons (Fsp3) is 0.600. The summed E-state index contributed by atoms with van der Waals surface area (Å²) >= 11 is 0. The highest BCUT2D eigenvalue weighted by Gasteiger charge is 2.58. The number of aliphatic hydroxyl groups is 1. The number of hydrogen-bond donors (Lipinski definition) is 1. The maximum atomic E-state index is 12.9. The second-order valence-electron chi connectivity index (χ2n) is 3.79. The molecule has 0 aliphatic heterocycles. The molecule has 0 saturated heterocycles. The fourth-order valence-corrected chi connectivity index (χ4v) is 1.48. The molecule has 0 amide bonds. The molecule has 1 atom stereocenters. The Hall–Kier alpha value is -1.37. The predicted molar refractivity (Wildman–Crippen MR) is 53.1 cm³/mol. The van der Waals surface area contributed by atoms with Gasteiger partial charge in [0, 0.05) is 25.9 Å². The van der Waals surface area contributed by atoms with Crippen molar-refractivity contribution < 1.29 is 23.1 Å². The lowest BCUT2D eigenvalue weighted by molar-refractivity contribution is -0.270. The second kappa shape index (κ2) is 4.48. The largest absolute Gasteiger partial charge is 0.424 e. The van der Waals surface area contributed by atoms with Crippen molar-refractivity contribution >= 4 is 5.78 Å². The van der Waals surface area contributed by atoms with Crippen LogP contribution in [0.1, 0.15) is 25.6 Å². The number of Topliss-reactive ketones (excluding diaryl/α,β-unsaturated/α-hetero) is 1. The Morgan fingerprint density at radius 1 is 1.53 bits per heavy atom. The molecule has 4 nitrogen and oxygen atoms in total. The lowest BCUT2D eigenvalue weighted by atomic mass is 9.94. The van der Waals surface area contributed by atoms with Crippen molar-refractivity contribution in [2.75, 3.05) is 0 Å². The molecule has 1 aromatic rings. The zero-order valence-corrected chi connectivity index (χ0v) is 9.45. The molecule has 0 aliphatic carbocycles. The van der Waals surface area contributed by atoms with E-state index < -0.39 is 29.8 Å². The molecular weight excluding hydrogens is 237 g/mol. The van der Waals surface area contributed by atoms with Crippen LogP contribution in [0.5, 0.6) is 0 Å². The summed E-state index contributed by atoms with van der Waals surface area (Å²) in [5, 5.41) is 9.76. The van der Waals surface area contributed by atoms with Gasteiger partial charge >= 0.3 is 6.18 Å². The van der Waals surface area contributed by atoms with Crippen molar-refractivity contribution in [3.63, 3.8) is 0 Å². The number of rotatable bonds is 4. The summed E-state index contributed by atoms with van der Waals surface area (Å²) < 4.78 is 39.7. The molecule has 7 heteroatoms. The van der Waals surface area contributed by atoms with Crippen LogP contribution in [0, 0.1) is 0 Å². The Morgan fingerprint density at radius 3 is 2.47 bits per heavy atom. The molecule has 0 spiro atoms. The second-order valence-corrected chi connectivity index (χ2v) is 3.79. The van der Waals surface area contributed by atoms with Gasteiger partial charge < -0.3 is 9.67 Å². The summed E-state index contributed by atoms with van der Waals surface area (Å²) in [5.41, 5.74) is -3.22. The van der Waals surface area contributed by atoms with Gasteiger partial charge in [0.1, 0.15) is 5.78 Å². The summed E-state index contributed by atoms with van der Waals surface area (Å²) in [6, 6.07) is 0. The van der Waals surface area contributed by atoms with E-state index in [1.807, 2.05) is 0 Å². The first-order valence-electron chi connectivity index (χ1n) is 5.01. The SMILES string of the molecule is CCC(=O)C[C@](O)(c1nccn1C)C(F)(F)F. The molecule has 1 heterocycles. The fourth-order valence-electron chi connectivity index (χ4n) is 1.48. The summed E-state index contributed by atoms with van der Waals surface area (Å²) in [7, 11) is 1.33.